The molecule has 5 aliphatic rings. The van der Waals surface area contributed by atoms with Crippen LogP contribution in [0.15, 0.2) is 11.1 Å². The van der Waals surface area contributed by atoms with E-state index in [4.69, 9.17) is 19.3 Å². The molecule has 0 aromatic heterocycles. The van der Waals surface area contributed by atoms with E-state index in [0.29, 0.717) is 36.7 Å². The third kappa shape index (κ3) is 4.30. The van der Waals surface area contributed by atoms with E-state index in [-0.39, 0.29) is 46.2 Å². The van der Waals surface area contributed by atoms with Crippen molar-refractivity contribution in [3.8, 4) is 0 Å². The van der Waals surface area contributed by atoms with Crippen molar-refractivity contribution in [1.29, 1.82) is 0 Å². The van der Waals surface area contributed by atoms with Crippen LogP contribution in [-0.2, 0) is 28.6 Å². The number of methoxy groups -OCH3 is 1. The number of allylic oxidation sites excluding steroid dienone is 1. The highest BCUT2D eigenvalue weighted by Gasteiger charge is 2.73. The molecule has 0 radical (unpaired) electrons. The SMILES string of the molecule is COC(=O)C12CCC3(C)C(CCC4C5(C)CCC(OC(=O)OCC(O)CO)C(C)(C)C5CCC43C)C1=C(C(C)C)C(=O)C2=O. The molecule has 9 heteroatoms. The van der Waals surface area contributed by atoms with Crippen LogP contribution in [0.4, 0.5) is 4.79 Å². The maximum atomic E-state index is 13.7. The fourth-order valence-electron chi connectivity index (χ4n) is 11.4. The van der Waals surface area contributed by atoms with Crippen molar-refractivity contribution in [3.63, 3.8) is 0 Å². The number of hydrogen-bond donors (Lipinski definition) is 2. The molecule has 0 saturated heterocycles. The number of aliphatic hydroxyl groups is 2. The van der Waals surface area contributed by atoms with Crippen LogP contribution in [0.25, 0.3) is 0 Å². The van der Waals surface area contributed by atoms with Crippen molar-refractivity contribution in [1.82, 2.24) is 0 Å². The first-order chi connectivity index (χ1) is 20.5. The second-order valence-corrected chi connectivity index (χ2v) is 16.0. The van der Waals surface area contributed by atoms with Gasteiger partial charge in [0.15, 0.2) is 5.41 Å². The molecule has 9 unspecified atom stereocenters. The van der Waals surface area contributed by atoms with Crippen LogP contribution in [0.2, 0.25) is 0 Å². The Kier molecular flexibility index (Phi) is 8.22. The van der Waals surface area contributed by atoms with Gasteiger partial charge in [-0.1, -0.05) is 48.5 Å². The van der Waals surface area contributed by atoms with E-state index in [0.717, 1.165) is 37.7 Å². The number of fused-ring (bicyclic) bond motifs is 7. The Balaban J connectivity index is 1.47. The van der Waals surface area contributed by atoms with Gasteiger partial charge in [0.05, 0.1) is 13.7 Å². The van der Waals surface area contributed by atoms with Gasteiger partial charge in [-0.3, -0.25) is 14.4 Å². The largest absolute Gasteiger partial charge is 0.508 e. The van der Waals surface area contributed by atoms with E-state index in [1.807, 2.05) is 13.8 Å². The van der Waals surface area contributed by atoms with E-state index in [1.165, 1.54) is 7.11 Å². The summed E-state index contributed by atoms with van der Waals surface area (Å²) < 4.78 is 16.2. The molecule has 4 saturated carbocycles. The fourth-order valence-corrected chi connectivity index (χ4v) is 11.4. The summed E-state index contributed by atoms with van der Waals surface area (Å²) in [6.45, 7) is 14.6. The lowest BCUT2D eigenvalue weighted by Crippen LogP contribution is -2.66. The van der Waals surface area contributed by atoms with Crippen LogP contribution in [0.3, 0.4) is 0 Å². The first kappa shape index (κ1) is 33.1. The predicted octanol–water partition coefficient (Wildman–Crippen LogP) is 5.19. The van der Waals surface area contributed by atoms with E-state index in [2.05, 4.69) is 34.6 Å². The minimum atomic E-state index is -1.49. The van der Waals surface area contributed by atoms with Crippen LogP contribution < -0.4 is 0 Å². The lowest BCUT2D eigenvalue weighted by atomic mass is 9.33. The normalized spacial score (nSPS) is 41.7. The smallest absolute Gasteiger partial charge is 0.468 e. The molecular weight excluding hydrogens is 564 g/mol. The van der Waals surface area contributed by atoms with Crippen LogP contribution in [0.1, 0.15) is 99.8 Å². The maximum Gasteiger partial charge on any atom is 0.508 e. The third-order valence-corrected chi connectivity index (χ3v) is 13.7. The Morgan fingerprint density at radius 3 is 2.20 bits per heavy atom. The van der Waals surface area contributed by atoms with Gasteiger partial charge in [-0.05, 0) is 96.9 Å². The summed E-state index contributed by atoms with van der Waals surface area (Å²) in [4.78, 5) is 53.1. The summed E-state index contributed by atoms with van der Waals surface area (Å²) in [5.41, 5.74) is -0.820. The molecule has 0 amide bonds. The Morgan fingerprint density at radius 1 is 0.909 bits per heavy atom. The summed E-state index contributed by atoms with van der Waals surface area (Å²) in [7, 11) is 1.31. The van der Waals surface area contributed by atoms with Gasteiger partial charge < -0.3 is 24.4 Å². The maximum absolute atomic E-state index is 13.7. The molecule has 246 valence electrons. The van der Waals surface area contributed by atoms with Gasteiger partial charge in [-0.15, -0.1) is 0 Å². The summed E-state index contributed by atoms with van der Waals surface area (Å²) in [5.74, 6) is -1.24. The zero-order valence-electron chi connectivity index (χ0n) is 27.8. The second-order valence-electron chi connectivity index (χ2n) is 16.0. The highest BCUT2D eigenvalue weighted by molar-refractivity contribution is 6.52. The number of Topliss-reactive ketones (excluding diaryl/α,β-unsaturated/α-hetero) is 2. The molecule has 4 fully saturated rings. The topological polar surface area (TPSA) is 136 Å². The van der Waals surface area contributed by atoms with Crippen molar-refractivity contribution in [3.05, 3.63) is 11.1 Å². The number of rotatable bonds is 6. The van der Waals surface area contributed by atoms with Crippen LogP contribution in [0, 0.1) is 50.7 Å². The molecule has 0 aromatic carbocycles. The molecule has 0 heterocycles. The van der Waals surface area contributed by atoms with E-state index >= 15 is 0 Å². The Bertz CT molecular complexity index is 1270. The van der Waals surface area contributed by atoms with Gasteiger partial charge in [0.2, 0.25) is 11.6 Å². The van der Waals surface area contributed by atoms with E-state index in [1.54, 1.807) is 0 Å². The Morgan fingerprint density at radius 2 is 1.59 bits per heavy atom. The fraction of sp³-hybridized carbons (Fsp3) is 0.829. The summed E-state index contributed by atoms with van der Waals surface area (Å²) in [6, 6.07) is 0. The zero-order valence-corrected chi connectivity index (χ0v) is 27.8. The van der Waals surface area contributed by atoms with Gasteiger partial charge >= 0.3 is 12.1 Å². The van der Waals surface area contributed by atoms with Crippen LogP contribution in [0.5, 0.6) is 0 Å². The minimum absolute atomic E-state index is 0.0191. The first-order valence-corrected chi connectivity index (χ1v) is 16.5. The highest BCUT2D eigenvalue weighted by atomic mass is 16.7. The Labute approximate surface area is 261 Å². The number of ether oxygens (including phenoxy) is 3. The molecule has 0 aromatic rings. The van der Waals surface area contributed by atoms with E-state index in [9.17, 15) is 24.3 Å². The number of carbonyl (C=O) groups is 4. The van der Waals surface area contributed by atoms with Crippen molar-refractivity contribution < 1.29 is 43.6 Å². The number of esters is 1. The number of hydrogen-bond acceptors (Lipinski definition) is 9. The molecule has 9 nitrogen and oxygen atoms in total. The first-order valence-electron chi connectivity index (χ1n) is 16.5. The van der Waals surface area contributed by atoms with Crippen molar-refractivity contribution >= 4 is 23.7 Å². The van der Waals surface area contributed by atoms with Crippen LogP contribution >= 0.6 is 0 Å². The minimum Gasteiger partial charge on any atom is -0.468 e. The monoisotopic (exact) mass is 616 g/mol. The van der Waals surface area contributed by atoms with Gasteiger partial charge in [-0.25, -0.2) is 4.79 Å². The van der Waals surface area contributed by atoms with Crippen molar-refractivity contribution in [2.75, 3.05) is 20.3 Å². The second kappa shape index (κ2) is 10.9. The molecule has 0 aliphatic heterocycles. The molecule has 5 rings (SSSR count). The molecule has 9 atom stereocenters. The van der Waals surface area contributed by atoms with E-state index < -0.39 is 41.8 Å². The quantitative estimate of drug-likeness (QED) is 0.235. The molecule has 0 bridgehead atoms. The van der Waals surface area contributed by atoms with Crippen molar-refractivity contribution in [2.45, 2.75) is 112 Å². The molecule has 44 heavy (non-hydrogen) atoms. The Hall–Kier alpha value is -2.26. The third-order valence-electron chi connectivity index (χ3n) is 13.7. The average Bonchev–Trinajstić information content (AvgIpc) is 3.20. The summed E-state index contributed by atoms with van der Waals surface area (Å²) in [6.07, 6.45) is 3.93. The molecular formula is C35H52O9. The molecule has 2 N–H and O–H groups in total. The summed E-state index contributed by atoms with van der Waals surface area (Å²) in [5, 5.41) is 18.6. The standard InChI is InChI=1S/C35H52O9/c1-19(2)25-26-21-9-10-23-32(5)13-12-24(44-30(41)43-18-20(37)17-36)31(3,4)22(32)11-14-34(23,7)33(21,6)15-16-35(26,29(40)42-8)28(39)27(25)38/h19-24,36-37H,9-18H2,1-8H3. The lowest BCUT2D eigenvalue weighted by molar-refractivity contribution is -0.230. The zero-order chi connectivity index (χ0) is 32.6. The van der Waals surface area contributed by atoms with Gasteiger partial charge in [-0.2, -0.15) is 0 Å². The predicted molar refractivity (Wildman–Crippen MR) is 161 cm³/mol. The number of ketones is 2. The molecule has 5 aliphatic carbocycles. The van der Waals surface area contributed by atoms with Gasteiger partial charge in [0, 0.05) is 11.0 Å². The van der Waals surface area contributed by atoms with Gasteiger partial charge in [0.25, 0.3) is 0 Å². The van der Waals surface area contributed by atoms with Crippen molar-refractivity contribution in [2.24, 2.45) is 50.7 Å². The highest BCUT2D eigenvalue weighted by Crippen LogP contribution is 2.76. The lowest BCUT2D eigenvalue weighted by Gasteiger charge is -2.71. The average molecular weight is 617 g/mol. The summed E-state index contributed by atoms with van der Waals surface area (Å²) >= 11 is 0. The van der Waals surface area contributed by atoms with Gasteiger partial charge in [0.1, 0.15) is 18.8 Å². The molecule has 0 spiro atoms. The number of aliphatic hydroxyl groups excluding tert-OH is 2. The number of carbonyl (C=O) groups excluding carboxylic acids is 4. The van der Waals surface area contributed by atoms with Crippen LogP contribution in [-0.4, -0.2) is 66.4 Å².